The van der Waals surface area contributed by atoms with Crippen LogP contribution in [0.5, 0.6) is 0 Å². The molecule has 0 fully saturated rings. The van der Waals surface area contributed by atoms with E-state index >= 15 is 0 Å². The average Bonchev–Trinajstić information content (AvgIpc) is 2.36. The van der Waals surface area contributed by atoms with Crippen LogP contribution in [0.3, 0.4) is 0 Å². The summed E-state index contributed by atoms with van der Waals surface area (Å²) in [7, 11) is -1.84. The molecule has 0 aliphatic rings. The van der Waals surface area contributed by atoms with Gasteiger partial charge in [-0.15, -0.1) is 6.58 Å². The highest BCUT2D eigenvalue weighted by Crippen LogP contribution is 2.17. The van der Waals surface area contributed by atoms with Gasteiger partial charge in [0.05, 0.1) is 0 Å². The number of carbonyl (C=O) groups is 1. The van der Waals surface area contributed by atoms with Crippen LogP contribution in [0.1, 0.15) is 27.7 Å². The molecule has 0 aromatic heterocycles. The maximum Gasteiger partial charge on any atom is 0.408 e. The Morgan fingerprint density at radius 1 is 1.24 bits per heavy atom. The molecule has 21 heavy (non-hydrogen) atoms. The van der Waals surface area contributed by atoms with Crippen molar-refractivity contribution in [1.82, 2.24) is 5.32 Å². The molecule has 1 N–H and O–H groups in total. The highest BCUT2D eigenvalue weighted by Gasteiger charge is 2.31. The first-order valence-corrected chi connectivity index (χ1v) is 10.3. The monoisotopic (exact) mass is 305 g/mol. The quantitative estimate of drug-likeness (QED) is 0.863. The van der Waals surface area contributed by atoms with Gasteiger partial charge in [0.1, 0.15) is 13.7 Å². The molecular formula is C17H27NO2Si. The number of amides is 1. The molecule has 4 heteroatoms. The first-order valence-electron chi connectivity index (χ1n) is 7.28. The second-order valence-corrected chi connectivity index (χ2v) is 11.4. The molecule has 0 unspecified atom stereocenters. The minimum Gasteiger partial charge on any atom is -0.444 e. The van der Waals surface area contributed by atoms with Crippen LogP contribution in [0.4, 0.5) is 4.79 Å². The summed E-state index contributed by atoms with van der Waals surface area (Å²) in [5.41, 5.74) is -0.489. The van der Waals surface area contributed by atoms with E-state index in [0.717, 1.165) is 5.20 Å². The smallest absolute Gasteiger partial charge is 0.408 e. The van der Waals surface area contributed by atoms with Crippen LogP contribution in [0.2, 0.25) is 13.1 Å². The van der Waals surface area contributed by atoms with Crippen molar-refractivity contribution in [2.45, 2.75) is 52.4 Å². The molecule has 0 saturated carbocycles. The lowest BCUT2D eigenvalue weighted by molar-refractivity contribution is 0.0517. The fourth-order valence-electron chi connectivity index (χ4n) is 2.15. The van der Waals surface area contributed by atoms with Crippen LogP contribution in [-0.2, 0) is 4.74 Å². The number of hydrogen-bond acceptors (Lipinski definition) is 2. The van der Waals surface area contributed by atoms with Crippen LogP contribution in [0, 0.1) is 0 Å². The lowest BCUT2D eigenvalue weighted by atomic mass is 10.2. The fraction of sp³-hybridized carbons (Fsp3) is 0.471. The van der Waals surface area contributed by atoms with Crippen molar-refractivity contribution in [2.24, 2.45) is 0 Å². The van der Waals surface area contributed by atoms with Crippen LogP contribution in [-0.4, -0.2) is 25.8 Å². The topological polar surface area (TPSA) is 38.3 Å². The molecule has 1 aromatic carbocycles. The van der Waals surface area contributed by atoms with Crippen molar-refractivity contribution in [3.05, 3.63) is 42.1 Å². The molecule has 3 nitrogen and oxygen atoms in total. The molecule has 0 heterocycles. The Kier molecular flexibility index (Phi) is 5.40. The molecule has 0 bridgehead atoms. The van der Waals surface area contributed by atoms with Crippen LogP contribution < -0.4 is 10.5 Å². The molecule has 116 valence electrons. The van der Waals surface area contributed by atoms with Gasteiger partial charge in [-0.25, -0.2) is 4.79 Å². The summed E-state index contributed by atoms with van der Waals surface area (Å²) >= 11 is 0. The largest absolute Gasteiger partial charge is 0.444 e. The first-order chi connectivity index (χ1) is 9.54. The van der Waals surface area contributed by atoms with Crippen molar-refractivity contribution in [1.29, 1.82) is 0 Å². The summed E-state index contributed by atoms with van der Waals surface area (Å²) in [6.07, 6.45) is -0.394. The lowest BCUT2D eigenvalue weighted by Crippen LogP contribution is -2.50. The molecule has 0 saturated heterocycles. The van der Waals surface area contributed by atoms with Crippen molar-refractivity contribution >= 4 is 19.4 Å². The number of nitrogens with one attached hydrogen (secondary N) is 1. The number of carbonyl (C=O) groups excluding carboxylic acids is 1. The van der Waals surface area contributed by atoms with Gasteiger partial charge in [-0.05, 0) is 27.7 Å². The predicted octanol–water partition coefficient (Wildman–Crippen LogP) is 3.61. The summed E-state index contributed by atoms with van der Waals surface area (Å²) in [6, 6.07) is 10.3. The molecule has 0 spiro atoms. The summed E-state index contributed by atoms with van der Waals surface area (Å²) < 4.78 is 5.30. The molecule has 0 radical (unpaired) electrons. The second-order valence-electron chi connectivity index (χ2n) is 6.88. The van der Waals surface area contributed by atoms with Crippen molar-refractivity contribution in [3.8, 4) is 0 Å². The van der Waals surface area contributed by atoms with E-state index in [0.29, 0.717) is 0 Å². The van der Waals surface area contributed by atoms with Gasteiger partial charge in [-0.1, -0.05) is 53.8 Å². The van der Waals surface area contributed by atoms with Gasteiger partial charge >= 0.3 is 6.09 Å². The molecule has 0 aliphatic heterocycles. The Morgan fingerprint density at radius 2 is 1.76 bits per heavy atom. The number of alkyl carbamates (subject to hydrolysis) is 1. The molecule has 1 rings (SSSR count). The first kappa shape index (κ1) is 17.5. The van der Waals surface area contributed by atoms with Gasteiger partial charge in [-0.2, -0.15) is 0 Å². The minimum atomic E-state index is -1.84. The van der Waals surface area contributed by atoms with E-state index in [1.807, 2.05) is 45.9 Å². The third-order valence-electron chi connectivity index (χ3n) is 3.55. The third-order valence-corrected chi connectivity index (χ3v) is 7.37. The molecular weight excluding hydrogens is 278 g/mol. The molecule has 1 aromatic rings. The SMILES string of the molecule is C=C([C@@H](C)NC(=O)OC(C)(C)C)[Si](C)(C)c1ccccc1. The number of ether oxygens (including phenoxy) is 1. The van der Waals surface area contributed by atoms with Crippen molar-refractivity contribution in [3.63, 3.8) is 0 Å². The number of benzene rings is 1. The minimum absolute atomic E-state index is 0.110. The molecule has 1 atom stereocenters. The van der Waals surface area contributed by atoms with E-state index in [1.165, 1.54) is 5.19 Å². The zero-order chi connectivity index (χ0) is 16.3. The average molecular weight is 305 g/mol. The Bertz CT molecular complexity index is 503. The van der Waals surface area contributed by atoms with Gasteiger partial charge in [0.15, 0.2) is 0 Å². The van der Waals surface area contributed by atoms with Crippen LogP contribution in [0.15, 0.2) is 42.1 Å². The zero-order valence-electron chi connectivity index (χ0n) is 14.0. The maximum atomic E-state index is 11.9. The normalized spacial score (nSPS) is 13.4. The zero-order valence-corrected chi connectivity index (χ0v) is 15.0. The highest BCUT2D eigenvalue weighted by atomic mass is 28.3. The summed E-state index contributed by atoms with van der Waals surface area (Å²) in [6.45, 7) is 16.3. The van der Waals surface area contributed by atoms with E-state index in [-0.39, 0.29) is 6.04 Å². The van der Waals surface area contributed by atoms with Gasteiger partial charge in [0.25, 0.3) is 0 Å². The Morgan fingerprint density at radius 3 is 2.24 bits per heavy atom. The van der Waals surface area contributed by atoms with Crippen molar-refractivity contribution in [2.75, 3.05) is 0 Å². The van der Waals surface area contributed by atoms with Gasteiger partial charge in [-0.3, -0.25) is 0 Å². The Hall–Kier alpha value is -1.55. The summed E-state index contributed by atoms with van der Waals surface area (Å²) in [5, 5.41) is 5.28. The Balaban J connectivity index is 2.76. The van der Waals surface area contributed by atoms with E-state index in [2.05, 4.69) is 37.1 Å². The molecule has 0 aliphatic carbocycles. The third kappa shape index (κ3) is 5.05. The summed E-state index contributed by atoms with van der Waals surface area (Å²) in [5.74, 6) is 0. The maximum absolute atomic E-state index is 11.9. The van der Waals surface area contributed by atoms with E-state index in [4.69, 9.17) is 4.74 Å². The fourth-order valence-corrected chi connectivity index (χ4v) is 4.70. The van der Waals surface area contributed by atoms with E-state index < -0.39 is 19.8 Å². The van der Waals surface area contributed by atoms with E-state index in [1.54, 1.807) is 0 Å². The van der Waals surface area contributed by atoms with Crippen LogP contribution in [0.25, 0.3) is 0 Å². The van der Waals surface area contributed by atoms with Gasteiger partial charge in [0.2, 0.25) is 0 Å². The van der Waals surface area contributed by atoms with Crippen molar-refractivity contribution < 1.29 is 9.53 Å². The highest BCUT2D eigenvalue weighted by molar-refractivity contribution is 6.95. The number of hydrogen-bond donors (Lipinski definition) is 1. The Labute approximate surface area is 129 Å². The predicted molar refractivity (Wildman–Crippen MR) is 91.5 cm³/mol. The lowest BCUT2D eigenvalue weighted by Gasteiger charge is -2.31. The summed E-state index contributed by atoms with van der Waals surface area (Å²) in [4.78, 5) is 11.9. The van der Waals surface area contributed by atoms with Gasteiger partial charge < -0.3 is 10.1 Å². The standard InChI is InChI=1S/C17H27NO2Si/c1-13(18-16(19)20-17(3,4)5)14(2)21(6,7)15-11-9-8-10-12-15/h8-13H,2H2,1,3-7H3,(H,18,19)/t13-/m1/s1. The number of rotatable bonds is 4. The van der Waals surface area contributed by atoms with Gasteiger partial charge in [0, 0.05) is 6.04 Å². The molecule has 1 amide bonds. The van der Waals surface area contributed by atoms with E-state index in [9.17, 15) is 4.79 Å². The second kappa shape index (κ2) is 6.48. The van der Waals surface area contributed by atoms with Crippen LogP contribution >= 0.6 is 0 Å².